The normalized spacial score (nSPS) is 14.9. The quantitative estimate of drug-likeness (QED) is 0.726. The minimum absolute atomic E-state index is 0.0765. The second-order valence-electron chi connectivity index (χ2n) is 6.12. The Balaban J connectivity index is 1.65. The molecule has 0 aliphatic carbocycles. The lowest BCUT2D eigenvalue weighted by atomic mass is 10.1. The van der Waals surface area contributed by atoms with Gasteiger partial charge in [-0.2, -0.15) is 10.1 Å². The van der Waals surface area contributed by atoms with Crippen LogP contribution in [0.3, 0.4) is 0 Å². The predicted octanol–water partition coefficient (Wildman–Crippen LogP) is 0.982. The summed E-state index contributed by atoms with van der Waals surface area (Å²) in [6, 6.07) is 7.72. The van der Waals surface area contributed by atoms with Crippen molar-refractivity contribution >= 4 is 22.6 Å². The van der Waals surface area contributed by atoms with Crippen LogP contribution in [0.2, 0.25) is 0 Å². The fourth-order valence-electron chi connectivity index (χ4n) is 3.12. The number of benzene rings is 1. The van der Waals surface area contributed by atoms with Crippen molar-refractivity contribution in [3.63, 3.8) is 0 Å². The van der Waals surface area contributed by atoms with Crippen LogP contribution in [0.5, 0.6) is 0 Å². The fourth-order valence-corrected chi connectivity index (χ4v) is 3.12. The summed E-state index contributed by atoms with van der Waals surface area (Å²) in [5, 5.41) is 7.91. The van der Waals surface area contributed by atoms with Gasteiger partial charge in [-0.25, -0.2) is 4.79 Å². The number of aromatic nitrogens is 4. The predicted molar refractivity (Wildman–Crippen MR) is 94.4 cm³/mol. The monoisotopic (exact) mass is 338 g/mol. The number of anilines is 1. The van der Waals surface area contributed by atoms with Gasteiger partial charge in [0.25, 0.3) is 0 Å². The molecule has 3 aromatic rings. The van der Waals surface area contributed by atoms with Crippen LogP contribution >= 0.6 is 0 Å². The molecule has 0 radical (unpaired) electrons. The van der Waals surface area contributed by atoms with Gasteiger partial charge in [-0.15, -0.1) is 0 Å². The van der Waals surface area contributed by atoms with Gasteiger partial charge in [0.15, 0.2) is 0 Å². The average molecular weight is 338 g/mol. The lowest BCUT2D eigenvalue weighted by molar-refractivity contribution is -0.129. The van der Waals surface area contributed by atoms with Gasteiger partial charge in [0.05, 0.1) is 17.4 Å². The summed E-state index contributed by atoms with van der Waals surface area (Å²) in [6.07, 6.45) is 1.75. The van der Waals surface area contributed by atoms with E-state index in [2.05, 4.69) is 20.2 Å². The molecule has 3 heterocycles. The minimum atomic E-state index is -0.381. The Morgan fingerprint density at radius 3 is 2.72 bits per heavy atom. The molecule has 1 aromatic carbocycles. The summed E-state index contributed by atoms with van der Waals surface area (Å²) in [6.45, 7) is 4.18. The van der Waals surface area contributed by atoms with Crippen molar-refractivity contribution in [3.8, 4) is 11.3 Å². The van der Waals surface area contributed by atoms with E-state index in [1.165, 1.54) is 0 Å². The van der Waals surface area contributed by atoms with E-state index >= 15 is 0 Å². The molecule has 1 aliphatic rings. The van der Waals surface area contributed by atoms with E-state index in [9.17, 15) is 9.59 Å². The van der Waals surface area contributed by atoms with Crippen molar-refractivity contribution in [1.29, 1.82) is 0 Å². The van der Waals surface area contributed by atoms with Gasteiger partial charge in [0.2, 0.25) is 5.91 Å². The molecule has 8 heteroatoms. The number of carbonyl (C=O) groups is 1. The second-order valence-corrected chi connectivity index (χ2v) is 6.12. The molecule has 0 spiro atoms. The second kappa shape index (κ2) is 6.04. The molecule has 0 saturated carbocycles. The molecule has 8 nitrogen and oxygen atoms in total. The molecule has 1 fully saturated rings. The third kappa shape index (κ3) is 2.98. The average Bonchev–Trinajstić information content (AvgIpc) is 3.09. The van der Waals surface area contributed by atoms with Crippen LogP contribution in [0, 0.1) is 0 Å². The highest BCUT2D eigenvalue weighted by atomic mass is 16.2. The first kappa shape index (κ1) is 15.4. The smallest absolute Gasteiger partial charge is 0.347 e. The van der Waals surface area contributed by atoms with Crippen molar-refractivity contribution < 1.29 is 4.79 Å². The van der Waals surface area contributed by atoms with E-state index in [4.69, 9.17) is 0 Å². The van der Waals surface area contributed by atoms with E-state index in [-0.39, 0.29) is 11.6 Å². The highest BCUT2D eigenvalue weighted by molar-refractivity contribution is 5.83. The number of aromatic amines is 2. The lowest BCUT2D eigenvalue weighted by Crippen LogP contribution is -2.48. The number of carbonyl (C=O) groups excluding carboxylic acids is 1. The Kier molecular flexibility index (Phi) is 3.72. The Morgan fingerprint density at radius 1 is 1.16 bits per heavy atom. The number of rotatable bonds is 2. The summed E-state index contributed by atoms with van der Waals surface area (Å²) in [7, 11) is 0. The van der Waals surface area contributed by atoms with E-state index in [1.54, 1.807) is 18.0 Å². The number of H-pyrrole nitrogens is 2. The first-order chi connectivity index (χ1) is 12.1. The van der Waals surface area contributed by atoms with Crippen molar-refractivity contribution in [2.24, 2.45) is 0 Å². The van der Waals surface area contributed by atoms with Gasteiger partial charge in [0, 0.05) is 44.6 Å². The SMILES string of the molecule is CC(=O)N1CCN(c2cc(-c3ccc4[nH]ncc4c3)[nH]c(=O)n2)CC1. The van der Waals surface area contributed by atoms with Crippen molar-refractivity contribution in [2.75, 3.05) is 31.1 Å². The summed E-state index contributed by atoms with van der Waals surface area (Å²) in [4.78, 5) is 34.2. The largest absolute Gasteiger partial charge is 0.353 e. The molecule has 1 aliphatic heterocycles. The van der Waals surface area contributed by atoms with Crippen molar-refractivity contribution in [3.05, 3.63) is 40.9 Å². The minimum Gasteiger partial charge on any atom is -0.353 e. The van der Waals surface area contributed by atoms with E-state index < -0.39 is 0 Å². The highest BCUT2D eigenvalue weighted by Crippen LogP contribution is 2.23. The van der Waals surface area contributed by atoms with E-state index in [0.29, 0.717) is 37.7 Å². The van der Waals surface area contributed by atoms with Crippen molar-refractivity contribution in [1.82, 2.24) is 25.1 Å². The maximum Gasteiger partial charge on any atom is 0.347 e. The van der Waals surface area contributed by atoms with Gasteiger partial charge in [-0.05, 0) is 17.7 Å². The van der Waals surface area contributed by atoms with E-state index in [1.807, 2.05) is 29.2 Å². The highest BCUT2D eigenvalue weighted by Gasteiger charge is 2.20. The van der Waals surface area contributed by atoms with Crippen LogP contribution in [-0.4, -0.2) is 57.2 Å². The zero-order valence-corrected chi connectivity index (χ0v) is 13.8. The molecule has 128 valence electrons. The molecule has 4 rings (SSSR count). The molecular weight excluding hydrogens is 320 g/mol. The first-order valence-electron chi connectivity index (χ1n) is 8.15. The molecule has 0 bridgehead atoms. The number of amides is 1. The lowest BCUT2D eigenvalue weighted by Gasteiger charge is -2.34. The summed E-state index contributed by atoms with van der Waals surface area (Å²) in [5.74, 6) is 0.710. The van der Waals surface area contributed by atoms with Crippen LogP contribution in [-0.2, 0) is 4.79 Å². The number of hydrogen-bond donors (Lipinski definition) is 2. The van der Waals surface area contributed by atoms with Crippen LogP contribution < -0.4 is 10.6 Å². The summed E-state index contributed by atoms with van der Waals surface area (Å²) in [5.41, 5.74) is 2.18. The zero-order valence-electron chi connectivity index (χ0n) is 13.8. The molecular formula is C17H18N6O2. The van der Waals surface area contributed by atoms with Gasteiger partial charge in [0.1, 0.15) is 5.82 Å². The van der Waals surface area contributed by atoms with Crippen LogP contribution in [0.15, 0.2) is 35.3 Å². The molecule has 2 aromatic heterocycles. The third-order valence-electron chi connectivity index (χ3n) is 4.53. The molecule has 2 N–H and O–H groups in total. The maximum atomic E-state index is 12.0. The topological polar surface area (TPSA) is 98.0 Å². The Morgan fingerprint density at radius 2 is 1.96 bits per heavy atom. The molecule has 1 amide bonds. The third-order valence-corrected chi connectivity index (χ3v) is 4.53. The summed E-state index contributed by atoms with van der Waals surface area (Å²) < 4.78 is 0. The Bertz CT molecular complexity index is 984. The van der Waals surface area contributed by atoms with Crippen molar-refractivity contribution in [2.45, 2.75) is 6.92 Å². The molecule has 0 unspecified atom stereocenters. The van der Waals surface area contributed by atoms with Gasteiger partial charge < -0.3 is 14.8 Å². The Hall–Kier alpha value is -3.16. The number of nitrogens with one attached hydrogen (secondary N) is 2. The van der Waals surface area contributed by atoms with Crippen LogP contribution in [0.4, 0.5) is 5.82 Å². The van der Waals surface area contributed by atoms with Gasteiger partial charge in [-0.3, -0.25) is 9.89 Å². The first-order valence-corrected chi connectivity index (χ1v) is 8.15. The number of fused-ring (bicyclic) bond motifs is 1. The molecule has 0 atom stereocenters. The van der Waals surface area contributed by atoms with Crippen LogP contribution in [0.25, 0.3) is 22.2 Å². The number of nitrogens with zero attached hydrogens (tertiary/aromatic N) is 4. The zero-order chi connectivity index (χ0) is 17.4. The van der Waals surface area contributed by atoms with Gasteiger partial charge in [-0.1, -0.05) is 6.07 Å². The standard InChI is InChI=1S/C17H18N6O2/c1-11(24)22-4-6-23(7-5-22)16-9-15(19-17(25)20-16)12-2-3-14-13(8-12)10-18-21-14/h2-3,8-10H,4-7H2,1H3,(H,18,21)(H,19,20,25). The van der Waals surface area contributed by atoms with E-state index in [0.717, 1.165) is 16.5 Å². The number of piperazine rings is 1. The van der Waals surface area contributed by atoms with Gasteiger partial charge >= 0.3 is 5.69 Å². The Labute approximate surface area is 143 Å². The fraction of sp³-hybridized carbons (Fsp3) is 0.294. The number of hydrogen-bond acceptors (Lipinski definition) is 5. The van der Waals surface area contributed by atoms with Crippen LogP contribution in [0.1, 0.15) is 6.92 Å². The molecule has 25 heavy (non-hydrogen) atoms. The maximum absolute atomic E-state index is 12.0. The summed E-state index contributed by atoms with van der Waals surface area (Å²) >= 11 is 0. The molecule has 1 saturated heterocycles.